The second-order valence-electron chi connectivity index (χ2n) is 2.03. The zero-order chi connectivity index (χ0) is 8.27. The van der Waals surface area contributed by atoms with Crippen LogP contribution in [0.25, 0.3) is 0 Å². The topological polar surface area (TPSA) is 78.0 Å². The van der Waals surface area contributed by atoms with Crippen molar-refractivity contribution < 1.29 is 20.1 Å². The van der Waals surface area contributed by atoms with Crippen LogP contribution in [0.3, 0.4) is 0 Å². The minimum absolute atomic E-state index is 0. The van der Waals surface area contributed by atoms with Crippen molar-refractivity contribution in [1.29, 1.82) is 0 Å². The van der Waals surface area contributed by atoms with E-state index < -0.39 is 5.97 Å². The molecule has 1 rings (SSSR count). The molecular weight excluding hydrogens is 160 g/mol. The van der Waals surface area contributed by atoms with Crippen molar-refractivity contribution in [2.45, 2.75) is 0 Å². The molecule has 0 atom stereocenters. The van der Waals surface area contributed by atoms with Crippen LogP contribution in [0.5, 0.6) is 5.75 Å². The van der Waals surface area contributed by atoms with Gasteiger partial charge in [-0.25, -0.2) is 4.79 Å². The summed E-state index contributed by atoms with van der Waals surface area (Å²) in [6.45, 7) is 0. The number of methoxy groups -OCH3 is 1. The molecule has 0 radical (unpaired) electrons. The lowest BCUT2D eigenvalue weighted by atomic mass is 10.2. The first-order chi connectivity index (χ1) is 5.24. The Morgan fingerprint density at radius 3 is 2.17 bits per heavy atom. The van der Waals surface area contributed by atoms with E-state index in [4.69, 9.17) is 9.84 Å². The van der Waals surface area contributed by atoms with Crippen molar-refractivity contribution in [1.82, 2.24) is 0 Å². The van der Waals surface area contributed by atoms with E-state index in [2.05, 4.69) is 0 Å². The maximum Gasteiger partial charge on any atom is 0.335 e. The summed E-state index contributed by atoms with van der Waals surface area (Å²) in [5.74, 6) is -0.261. The molecule has 4 nitrogen and oxygen atoms in total. The molecule has 0 aliphatic heterocycles. The predicted molar refractivity (Wildman–Crippen MR) is 43.6 cm³/mol. The minimum atomic E-state index is -0.923. The van der Waals surface area contributed by atoms with E-state index in [-0.39, 0.29) is 11.0 Å². The van der Waals surface area contributed by atoms with Gasteiger partial charge in [0, 0.05) is 0 Å². The highest BCUT2D eigenvalue weighted by Gasteiger charge is 2.00. The Hall–Kier alpha value is -1.55. The molecule has 1 aromatic carbocycles. The quantitative estimate of drug-likeness (QED) is 0.704. The summed E-state index contributed by atoms with van der Waals surface area (Å²) in [4.78, 5) is 10.4. The van der Waals surface area contributed by atoms with E-state index in [1.165, 1.54) is 19.2 Å². The Kier molecular flexibility index (Phi) is 3.79. The zero-order valence-corrected chi connectivity index (χ0v) is 6.57. The molecule has 0 heterocycles. The fourth-order valence-electron chi connectivity index (χ4n) is 0.734. The van der Waals surface area contributed by atoms with Gasteiger partial charge in [-0.2, -0.15) is 0 Å². The average molecular weight is 170 g/mol. The molecule has 1 aromatic rings. The molecule has 0 amide bonds. The lowest BCUT2D eigenvalue weighted by Crippen LogP contribution is -1.95. The number of hydrogen-bond acceptors (Lipinski definition) is 2. The van der Waals surface area contributed by atoms with Crippen LogP contribution in [0.4, 0.5) is 0 Å². The van der Waals surface area contributed by atoms with Crippen LogP contribution in [-0.2, 0) is 0 Å². The number of carboxylic acids is 1. The molecule has 0 aliphatic carbocycles. The Bertz CT molecular complexity index is 252. The van der Waals surface area contributed by atoms with Crippen LogP contribution in [0.15, 0.2) is 24.3 Å². The van der Waals surface area contributed by atoms with E-state index in [0.29, 0.717) is 5.75 Å². The molecule has 0 saturated heterocycles. The monoisotopic (exact) mass is 170 g/mol. The Morgan fingerprint density at radius 2 is 1.83 bits per heavy atom. The van der Waals surface area contributed by atoms with Gasteiger partial charge in [0.2, 0.25) is 0 Å². The highest BCUT2D eigenvalue weighted by atomic mass is 16.5. The molecule has 0 bridgehead atoms. The largest absolute Gasteiger partial charge is 0.497 e. The molecule has 66 valence electrons. The molecule has 0 unspecified atom stereocenters. The average Bonchev–Trinajstić information content (AvgIpc) is 2.05. The highest BCUT2D eigenvalue weighted by molar-refractivity contribution is 5.87. The number of carboxylic acid groups (broad SMARTS) is 1. The fraction of sp³-hybridized carbons (Fsp3) is 0.125. The van der Waals surface area contributed by atoms with Crippen LogP contribution in [0.2, 0.25) is 0 Å². The molecule has 0 aromatic heterocycles. The SMILES string of the molecule is COc1ccc(C(=O)O)cc1.O. The van der Waals surface area contributed by atoms with Gasteiger partial charge < -0.3 is 15.3 Å². The van der Waals surface area contributed by atoms with Gasteiger partial charge in [-0.15, -0.1) is 0 Å². The van der Waals surface area contributed by atoms with Gasteiger partial charge in [-0.05, 0) is 24.3 Å². The van der Waals surface area contributed by atoms with Crippen molar-refractivity contribution in [3.05, 3.63) is 29.8 Å². The fourth-order valence-corrected chi connectivity index (χ4v) is 0.734. The summed E-state index contributed by atoms with van der Waals surface area (Å²) >= 11 is 0. The summed E-state index contributed by atoms with van der Waals surface area (Å²) in [5.41, 5.74) is 0.269. The van der Waals surface area contributed by atoms with Gasteiger partial charge in [-0.3, -0.25) is 0 Å². The maximum atomic E-state index is 10.4. The lowest BCUT2D eigenvalue weighted by molar-refractivity contribution is 0.0697. The van der Waals surface area contributed by atoms with Crippen LogP contribution < -0.4 is 4.74 Å². The first-order valence-electron chi connectivity index (χ1n) is 3.11. The number of carbonyl (C=O) groups is 1. The van der Waals surface area contributed by atoms with Crippen molar-refractivity contribution in [3.63, 3.8) is 0 Å². The van der Waals surface area contributed by atoms with Crippen LogP contribution in [0.1, 0.15) is 10.4 Å². The summed E-state index contributed by atoms with van der Waals surface area (Å²) in [5, 5.41) is 8.51. The third kappa shape index (κ3) is 2.25. The number of hydrogen-bond donors (Lipinski definition) is 1. The van der Waals surface area contributed by atoms with Gasteiger partial charge in [0.1, 0.15) is 5.75 Å². The normalized spacial score (nSPS) is 8.42. The van der Waals surface area contributed by atoms with E-state index in [1.807, 2.05) is 0 Å². The number of ether oxygens (including phenoxy) is 1. The van der Waals surface area contributed by atoms with E-state index in [9.17, 15) is 4.79 Å². The summed E-state index contributed by atoms with van der Waals surface area (Å²) in [6, 6.07) is 6.23. The minimum Gasteiger partial charge on any atom is -0.497 e. The van der Waals surface area contributed by atoms with Crippen LogP contribution >= 0.6 is 0 Å². The Balaban J connectivity index is 0.00000121. The molecule has 0 spiro atoms. The third-order valence-corrected chi connectivity index (χ3v) is 1.34. The molecule has 12 heavy (non-hydrogen) atoms. The Labute approximate surface area is 69.7 Å². The Morgan fingerprint density at radius 1 is 1.33 bits per heavy atom. The van der Waals surface area contributed by atoms with Crippen LogP contribution in [0, 0.1) is 0 Å². The van der Waals surface area contributed by atoms with Crippen molar-refractivity contribution in [2.24, 2.45) is 0 Å². The van der Waals surface area contributed by atoms with E-state index >= 15 is 0 Å². The zero-order valence-electron chi connectivity index (χ0n) is 6.57. The second kappa shape index (κ2) is 4.35. The highest BCUT2D eigenvalue weighted by Crippen LogP contribution is 2.10. The number of aromatic carboxylic acids is 1. The lowest BCUT2D eigenvalue weighted by Gasteiger charge is -1.98. The standard InChI is InChI=1S/C8H8O3.H2O/c1-11-7-4-2-6(3-5-7)8(9)10;/h2-5H,1H3,(H,9,10);1H2. The maximum absolute atomic E-state index is 10.4. The van der Waals surface area contributed by atoms with Gasteiger partial charge in [0.05, 0.1) is 12.7 Å². The van der Waals surface area contributed by atoms with Gasteiger partial charge in [0.15, 0.2) is 0 Å². The molecule has 3 N–H and O–H groups in total. The van der Waals surface area contributed by atoms with Crippen molar-refractivity contribution in [2.75, 3.05) is 7.11 Å². The van der Waals surface area contributed by atoms with Crippen LogP contribution in [-0.4, -0.2) is 23.7 Å². The molecule has 4 heteroatoms. The molecule has 0 fully saturated rings. The predicted octanol–water partition coefficient (Wildman–Crippen LogP) is 0.569. The first kappa shape index (κ1) is 10.4. The molecular formula is C8H10O4. The van der Waals surface area contributed by atoms with Gasteiger partial charge in [0.25, 0.3) is 0 Å². The van der Waals surface area contributed by atoms with E-state index in [0.717, 1.165) is 0 Å². The summed E-state index contributed by atoms with van der Waals surface area (Å²) in [7, 11) is 1.54. The summed E-state index contributed by atoms with van der Waals surface area (Å²) < 4.78 is 4.86. The number of benzene rings is 1. The summed E-state index contributed by atoms with van der Waals surface area (Å²) in [6.07, 6.45) is 0. The van der Waals surface area contributed by atoms with Crippen molar-refractivity contribution in [3.8, 4) is 5.75 Å². The molecule has 0 saturated carbocycles. The van der Waals surface area contributed by atoms with Crippen molar-refractivity contribution >= 4 is 5.97 Å². The second-order valence-corrected chi connectivity index (χ2v) is 2.03. The van der Waals surface area contributed by atoms with E-state index in [1.54, 1.807) is 12.1 Å². The van der Waals surface area contributed by atoms with Gasteiger partial charge >= 0.3 is 5.97 Å². The van der Waals surface area contributed by atoms with Gasteiger partial charge in [-0.1, -0.05) is 0 Å². The number of rotatable bonds is 2. The molecule has 0 aliphatic rings. The first-order valence-corrected chi connectivity index (χ1v) is 3.11. The smallest absolute Gasteiger partial charge is 0.335 e. The third-order valence-electron chi connectivity index (χ3n) is 1.34.